The highest BCUT2D eigenvalue weighted by molar-refractivity contribution is 6.42. The maximum atomic E-state index is 13.5. The number of ketones is 1. The monoisotopic (exact) mass is 512 g/mol. The maximum Gasteiger partial charge on any atom is 0.387 e. The van der Waals surface area contributed by atoms with E-state index in [0.717, 1.165) is 0 Å². The molecule has 2 heterocycles. The summed E-state index contributed by atoms with van der Waals surface area (Å²) in [5.41, 5.74) is 0.798. The molecule has 34 heavy (non-hydrogen) atoms. The van der Waals surface area contributed by atoms with Crippen LogP contribution in [-0.2, 0) is 20.7 Å². The Kier molecular flexibility index (Phi) is 7.35. The lowest BCUT2D eigenvalue weighted by atomic mass is 10.0. The van der Waals surface area contributed by atoms with Gasteiger partial charge in [0.05, 0.1) is 16.1 Å². The number of hydrogen-bond donors (Lipinski definition) is 1. The van der Waals surface area contributed by atoms with Gasteiger partial charge in [-0.25, -0.2) is 0 Å². The van der Waals surface area contributed by atoms with Crippen LogP contribution in [-0.4, -0.2) is 60.4 Å². The number of Topliss-reactive ketones (excluding diaryl/α,β-unsaturated/α-hetero) is 1. The number of nitrogens with zero attached hydrogens (tertiary/aromatic N) is 1. The van der Waals surface area contributed by atoms with Gasteiger partial charge in [0.2, 0.25) is 5.91 Å². The molecule has 0 spiro atoms. The van der Waals surface area contributed by atoms with Gasteiger partial charge in [-0.1, -0.05) is 29.3 Å². The van der Waals surface area contributed by atoms with Crippen molar-refractivity contribution in [2.75, 3.05) is 13.2 Å². The second kappa shape index (κ2) is 10.2. The molecule has 7 nitrogen and oxygen atoms in total. The summed E-state index contributed by atoms with van der Waals surface area (Å²) < 4.78 is 34.5. The Bertz CT molecular complexity index is 1100. The zero-order valence-electron chi connectivity index (χ0n) is 17.7. The lowest BCUT2D eigenvalue weighted by molar-refractivity contribution is -0.138. The van der Waals surface area contributed by atoms with Crippen LogP contribution < -0.4 is 10.1 Å². The third-order valence-corrected chi connectivity index (χ3v) is 6.50. The van der Waals surface area contributed by atoms with Crippen LogP contribution in [0, 0.1) is 0 Å². The number of amides is 2. The smallest absolute Gasteiger partial charge is 0.387 e. The van der Waals surface area contributed by atoms with E-state index in [1.165, 1.54) is 29.2 Å². The lowest BCUT2D eigenvalue weighted by Crippen LogP contribution is -2.53. The molecule has 2 aromatic rings. The van der Waals surface area contributed by atoms with Gasteiger partial charge in [0.25, 0.3) is 5.91 Å². The molecule has 2 amide bonds. The summed E-state index contributed by atoms with van der Waals surface area (Å²) in [6.07, 6.45) is 0.276. The Morgan fingerprint density at radius 3 is 2.56 bits per heavy atom. The highest BCUT2D eigenvalue weighted by atomic mass is 35.5. The highest BCUT2D eigenvalue weighted by Gasteiger charge is 2.48. The molecule has 3 unspecified atom stereocenters. The molecule has 2 aliphatic rings. The fourth-order valence-corrected chi connectivity index (χ4v) is 4.49. The number of rotatable bonds is 7. The number of likely N-dealkylation sites (tertiary alicyclic amines) is 1. The number of nitrogens with one attached hydrogen (secondary N) is 1. The first kappa shape index (κ1) is 24.4. The predicted octanol–water partition coefficient (Wildman–Crippen LogP) is 3.50. The number of hydrogen-bond acceptors (Lipinski definition) is 5. The molecule has 0 radical (unpaired) electrons. The van der Waals surface area contributed by atoms with Crippen molar-refractivity contribution in [3.8, 4) is 5.75 Å². The van der Waals surface area contributed by atoms with Crippen LogP contribution >= 0.6 is 23.2 Å². The van der Waals surface area contributed by atoms with Gasteiger partial charge in [-0.15, -0.1) is 0 Å². The molecule has 2 saturated heterocycles. The Labute approximate surface area is 203 Å². The maximum absolute atomic E-state index is 13.5. The van der Waals surface area contributed by atoms with Crippen LogP contribution in [0.1, 0.15) is 22.3 Å². The first-order chi connectivity index (χ1) is 16.2. The zero-order chi connectivity index (χ0) is 24.4. The average molecular weight is 513 g/mol. The lowest BCUT2D eigenvalue weighted by Gasteiger charge is -2.27. The van der Waals surface area contributed by atoms with Crippen LogP contribution in [0.5, 0.6) is 5.75 Å². The first-order valence-corrected chi connectivity index (χ1v) is 11.2. The average Bonchev–Trinajstić information content (AvgIpc) is 3.38. The minimum absolute atomic E-state index is 0.0457. The summed E-state index contributed by atoms with van der Waals surface area (Å²) in [4.78, 5) is 40.1. The predicted molar refractivity (Wildman–Crippen MR) is 119 cm³/mol. The highest BCUT2D eigenvalue weighted by Crippen LogP contribution is 2.29. The summed E-state index contributed by atoms with van der Waals surface area (Å²) in [6.45, 7) is -2.71. The molecule has 0 bridgehead atoms. The molecular weight excluding hydrogens is 493 g/mol. The topological polar surface area (TPSA) is 84.9 Å². The summed E-state index contributed by atoms with van der Waals surface area (Å²) in [6, 6.07) is 8.27. The van der Waals surface area contributed by atoms with Crippen molar-refractivity contribution >= 4 is 40.8 Å². The summed E-state index contributed by atoms with van der Waals surface area (Å²) in [7, 11) is 0. The number of ether oxygens (including phenoxy) is 2. The van der Waals surface area contributed by atoms with Crippen molar-refractivity contribution < 1.29 is 32.6 Å². The van der Waals surface area contributed by atoms with Gasteiger partial charge in [0.1, 0.15) is 24.4 Å². The van der Waals surface area contributed by atoms with Crippen LogP contribution in [0.15, 0.2) is 42.5 Å². The van der Waals surface area contributed by atoms with E-state index in [4.69, 9.17) is 27.9 Å². The van der Waals surface area contributed by atoms with Crippen molar-refractivity contribution in [2.45, 2.75) is 37.6 Å². The third kappa shape index (κ3) is 5.32. The second-order valence-electron chi connectivity index (χ2n) is 7.96. The van der Waals surface area contributed by atoms with E-state index in [1.54, 1.807) is 18.2 Å². The van der Waals surface area contributed by atoms with Gasteiger partial charge < -0.3 is 19.7 Å². The molecule has 2 aliphatic heterocycles. The molecule has 4 rings (SSSR count). The van der Waals surface area contributed by atoms with Gasteiger partial charge in [-0.3, -0.25) is 14.4 Å². The first-order valence-electron chi connectivity index (χ1n) is 10.5. The molecule has 0 aliphatic carbocycles. The quantitative estimate of drug-likeness (QED) is 0.613. The van der Waals surface area contributed by atoms with Crippen LogP contribution in [0.3, 0.4) is 0 Å². The van der Waals surface area contributed by atoms with Crippen molar-refractivity contribution in [1.82, 2.24) is 10.2 Å². The minimum Gasteiger partial charge on any atom is -0.435 e. The fraction of sp³-hybridized carbons (Fsp3) is 0.348. The number of halogens is 4. The number of alkyl halides is 2. The SMILES string of the molecule is O=C(NC(Cc1ccc(Cl)c(Cl)c1)C(=O)N1CCC2OCC(=O)C21)c1ccc(OC(F)F)cc1. The van der Waals surface area contributed by atoms with Gasteiger partial charge >= 0.3 is 6.61 Å². The number of benzene rings is 2. The summed E-state index contributed by atoms with van der Waals surface area (Å²) in [5.74, 6) is -1.29. The van der Waals surface area contributed by atoms with Crippen molar-refractivity contribution in [3.05, 3.63) is 63.6 Å². The Morgan fingerprint density at radius 1 is 1.15 bits per heavy atom. The summed E-state index contributed by atoms with van der Waals surface area (Å²) >= 11 is 12.1. The van der Waals surface area contributed by atoms with Crippen molar-refractivity contribution in [2.24, 2.45) is 0 Å². The fourth-order valence-electron chi connectivity index (χ4n) is 4.17. The largest absolute Gasteiger partial charge is 0.435 e. The van der Waals surface area contributed by atoms with E-state index in [-0.39, 0.29) is 36.2 Å². The van der Waals surface area contributed by atoms with E-state index in [1.807, 2.05) is 0 Å². The van der Waals surface area contributed by atoms with Crippen molar-refractivity contribution in [1.29, 1.82) is 0 Å². The summed E-state index contributed by atoms with van der Waals surface area (Å²) in [5, 5.41) is 3.35. The number of carbonyl (C=O) groups excluding carboxylic acids is 3. The standard InChI is InChI=1S/C23H20Cl2F2N2O5/c24-15-6-1-12(9-16(15)25)10-17(22(32)29-8-7-19-20(29)18(30)11-33-19)28-21(31)13-2-4-14(5-3-13)34-23(26)27/h1-6,9,17,19-20,23H,7-8,10-11H2,(H,28,31). The Balaban J connectivity index is 1.55. The molecular formula is C23H20Cl2F2N2O5. The van der Waals surface area contributed by atoms with E-state index in [0.29, 0.717) is 28.6 Å². The second-order valence-corrected chi connectivity index (χ2v) is 8.78. The molecule has 1 N–H and O–H groups in total. The Morgan fingerprint density at radius 2 is 1.88 bits per heavy atom. The molecule has 2 aromatic carbocycles. The minimum atomic E-state index is -2.99. The van der Waals surface area contributed by atoms with Crippen molar-refractivity contribution in [3.63, 3.8) is 0 Å². The molecule has 0 aromatic heterocycles. The molecule has 2 fully saturated rings. The van der Waals surface area contributed by atoms with Crippen LogP contribution in [0.25, 0.3) is 0 Å². The van der Waals surface area contributed by atoms with Gasteiger partial charge in [-0.2, -0.15) is 8.78 Å². The number of fused-ring (bicyclic) bond motifs is 1. The van der Waals surface area contributed by atoms with Gasteiger partial charge in [0, 0.05) is 18.5 Å². The van der Waals surface area contributed by atoms with E-state index in [9.17, 15) is 23.2 Å². The zero-order valence-corrected chi connectivity index (χ0v) is 19.2. The normalized spacial score (nSPS) is 20.4. The molecule has 3 atom stereocenters. The van der Waals surface area contributed by atoms with Crippen LogP contribution in [0.4, 0.5) is 8.78 Å². The van der Waals surface area contributed by atoms with E-state index >= 15 is 0 Å². The molecule has 180 valence electrons. The van der Waals surface area contributed by atoms with Crippen LogP contribution in [0.2, 0.25) is 10.0 Å². The number of carbonyl (C=O) groups is 3. The van der Waals surface area contributed by atoms with E-state index in [2.05, 4.69) is 10.1 Å². The molecule has 11 heteroatoms. The van der Waals surface area contributed by atoms with E-state index < -0.39 is 30.5 Å². The third-order valence-electron chi connectivity index (χ3n) is 5.76. The Hall–Kier alpha value is -2.75. The molecule has 0 saturated carbocycles. The van der Waals surface area contributed by atoms with Gasteiger partial charge in [-0.05, 0) is 48.4 Å². The van der Waals surface area contributed by atoms with Gasteiger partial charge in [0.15, 0.2) is 5.78 Å².